The fourth-order valence-electron chi connectivity index (χ4n) is 5.27. The molecule has 1 saturated carbocycles. The summed E-state index contributed by atoms with van der Waals surface area (Å²) in [5.74, 6) is 0.331. The van der Waals surface area contributed by atoms with Crippen molar-refractivity contribution in [2.75, 3.05) is 7.05 Å². The van der Waals surface area contributed by atoms with Crippen LogP contribution in [-0.2, 0) is 10.3 Å². The summed E-state index contributed by atoms with van der Waals surface area (Å²) in [4.78, 5) is 15.2. The van der Waals surface area contributed by atoms with Gasteiger partial charge < -0.3 is 4.90 Å². The van der Waals surface area contributed by atoms with Crippen LogP contribution >= 0.6 is 0 Å². The minimum Gasteiger partial charge on any atom is -0.330 e. The van der Waals surface area contributed by atoms with Crippen molar-refractivity contribution >= 4 is 5.91 Å². The van der Waals surface area contributed by atoms with Crippen LogP contribution in [0.1, 0.15) is 49.7 Å². The van der Waals surface area contributed by atoms with E-state index in [0.717, 1.165) is 25.7 Å². The van der Waals surface area contributed by atoms with E-state index in [1.165, 1.54) is 24.0 Å². The van der Waals surface area contributed by atoms with Crippen molar-refractivity contribution in [2.24, 2.45) is 5.41 Å². The van der Waals surface area contributed by atoms with Crippen LogP contribution in [0.4, 0.5) is 0 Å². The standard InChI is InChI=1S/C22H25NO/c1-23-20(24)21(16-10-2-3-11-17-21)22(23,18-12-6-4-7-13-18)19-14-8-5-9-15-19/h4-9,12-15H,2-3,10-11,16-17H2,1H3. The second-order valence-electron chi connectivity index (χ2n) is 7.30. The molecular formula is C22H25NO. The van der Waals surface area contributed by atoms with E-state index < -0.39 is 0 Å². The third-order valence-corrected chi connectivity index (χ3v) is 6.25. The molecule has 2 aliphatic rings. The number of hydrogen-bond donors (Lipinski definition) is 0. The lowest BCUT2D eigenvalue weighted by molar-refractivity contribution is -0.187. The molecule has 24 heavy (non-hydrogen) atoms. The van der Waals surface area contributed by atoms with E-state index in [0.29, 0.717) is 5.91 Å². The van der Waals surface area contributed by atoms with Crippen molar-refractivity contribution < 1.29 is 4.79 Å². The second kappa shape index (κ2) is 5.77. The van der Waals surface area contributed by atoms with Crippen LogP contribution in [0.25, 0.3) is 0 Å². The molecule has 0 radical (unpaired) electrons. The molecule has 124 valence electrons. The summed E-state index contributed by atoms with van der Waals surface area (Å²) in [6, 6.07) is 21.3. The maximum atomic E-state index is 13.2. The van der Waals surface area contributed by atoms with Gasteiger partial charge in [-0.05, 0) is 24.0 Å². The largest absolute Gasteiger partial charge is 0.330 e. The Bertz CT molecular complexity index is 675. The molecule has 1 heterocycles. The van der Waals surface area contributed by atoms with Crippen LogP contribution in [0.3, 0.4) is 0 Å². The number of amides is 1. The zero-order chi connectivity index (χ0) is 16.6. The summed E-state index contributed by atoms with van der Waals surface area (Å²) in [6.45, 7) is 0. The molecule has 2 fully saturated rings. The molecule has 0 aromatic heterocycles. The zero-order valence-corrected chi connectivity index (χ0v) is 14.4. The van der Waals surface area contributed by atoms with Crippen molar-refractivity contribution in [1.82, 2.24) is 4.90 Å². The van der Waals surface area contributed by atoms with Crippen LogP contribution in [0, 0.1) is 5.41 Å². The van der Waals surface area contributed by atoms with Crippen molar-refractivity contribution in [1.29, 1.82) is 0 Å². The zero-order valence-electron chi connectivity index (χ0n) is 14.4. The molecule has 1 aliphatic heterocycles. The third kappa shape index (κ3) is 1.86. The second-order valence-corrected chi connectivity index (χ2v) is 7.30. The molecule has 1 spiro atoms. The molecule has 2 aromatic rings. The van der Waals surface area contributed by atoms with E-state index in [1.54, 1.807) is 0 Å². The summed E-state index contributed by atoms with van der Waals surface area (Å²) in [6.07, 6.45) is 6.80. The fourth-order valence-corrected chi connectivity index (χ4v) is 5.27. The van der Waals surface area contributed by atoms with Gasteiger partial charge >= 0.3 is 0 Å². The SMILES string of the molecule is CN1C(=O)C2(CCCCCC2)C1(c1ccccc1)c1ccccc1. The Kier molecular flexibility index (Phi) is 3.71. The summed E-state index contributed by atoms with van der Waals surface area (Å²) in [5, 5.41) is 0. The summed E-state index contributed by atoms with van der Waals surface area (Å²) >= 11 is 0. The highest BCUT2D eigenvalue weighted by atomic mass is 16.2. The molecule has 2 heteroatoms. The first-order valence-electron chi connectivity index (χ1n) is 9.13. The normalized spacial score (nSPS) is 22.0. The van der Waals surface area contributed by atoms with Crippen LogP contribution < -0.4 is 0 Å². The predicted molar refractivity (Wildman–Crippen MR) is 96.6 cm³/mol. The van der Waals surface area contributed by atoms with Gasteiger partial charge in [-0.3, -0.25) is 4.79 Å². The Labute approximate surface area is 144 Å². The van der Waals surface area contributed by atoms with Gasteiger partial charge in [-0.15, -0.1) is 0 Å². The summed E-state index contributed by atoms with van der Waals surface area (Å²) in [5.41, 5.74) is 1.90. The molecule has 2 nitrogen and oxygen atoms in total. The maximum absolute atomic E-state index is 13.2. The van der Waals surface area contributed by atoms with Gasteiger partial charge in [0.05, 0.1) is 5.41 Å². The van der Waals surface area contributed by atoms with E-state index in [1.807, 2.05) is 11.9 Å². The first-order valence-corrected chi connectivity index (χ1v) is 9.13. The Hall–Kier alpha value is -2.09. The van der Waals surface area contributed by atoms with Gasteiger partial charge in [-0.1, -0.05) is 86.3 Å². The number of rotatable bonds is 2. The predicted octanol–water partition coefficient (Wildman–Crippen LogP) is 4.74. The lowest BCUT2D eigenvalue weighted by Crippen LogP contribution is -2.74. The van der Waals surface area contributed by atoms with Gasteiger partial charge in [-0.2, -0.15) is 0 Å². The highest BCUT2D eigenvalue weighted by Crippen LogP contribution is 2.63. The van der Waals surface area contributed by atoms with Gasteiger partial charge in [-0.25, -0.2) is 0 Å². The monoisotopic (exact) mass is 319 g/mol. The van der Waals surface area contributed by atoms with E-state index in [9.17, 15) is 4.79 Å². The molecule has 1 aliphatic carbocycles. The van der Waals surface area contributed by atoms with Gasteiger partial charge in [0.15, 0.2) is 0 Å². The van der Waals surface area contributed by atoms with Crippen molar-refractivity contribution in [2.45, 2.75) is 44.1 Å². The number of hydrogen-bond acceptors (Lipinski definition) is 1. The molecule has 1 amide bonds. The Morgan fingerprint density at radius 1 is 0.750 bits per heavy atom. The Morgan fingerprint density at radius 2 is 1.21 bits per heavy atom. The van der Waals surface area contributed by atoms with E-state index >= 15 is 0 Å². The first-order chi connectivity index (χ1) is 11.7. The molecular weight excluding hydrogens is 294 g/mol. The first kappa shape index (κ1) is 15.4. The molecule has 4 rings (SSSR count). The number of carbonyl (C=O) groups excluding carboxylic acids is 1. The number of nitrogens with zero attached hydrogens (tertiary/aromatic N) is 1. The molecule has 0 unspecified atom stereocenters. The number of β-lactam (4-membered cyclic amide) rings is 1. The topological polar surface area (TPSA) is 20.3 Å². The van der Waals surface area contributed by atoms with Gasteiger partial charge in [0.2, 0.25) is 5.91 Å². The smallest absolute Gasteiger partial charge is 0.232 e. The van der Waals surface area contributed by atoms with E-state index in [-0.39, 0.29) is 11.0 Å². The molecule has 1 saturated heterocycles. The minimum atomic E-state index is -0.322. The van der Waals surface area contributed by atoms with E-state index in [2.05, 4.69) is 60.7 Å². The van der Waals surface area contributed by atoms with Gasteiger partial charge in [0.25, 0.3) is 0 Å². The van der Waals surface area contributed by atoms with Crippen molar-refractivity contribution in [3.8, 4) is 0 Å². The molecule has 0 atom stereocenters. The molecule has 2 aromatic carbocycles. The van der Waals surface area contributed by atoms with Crippen LogP contribution in [0.15, 0.2) is 60.7 Å². The lowest BCUT2D eigenvalue weighted by atomic mass is 9.51. The van der Waals surface area contributed by atoms with Crippen LogP contribution in [-0.4, -0.2) is 17.9 Å². The van der Waals surface area contributed by atoms with Gasteiger partial charge in [0.1, 0.15) is 5.54 Å². The number of carbonyl (C=O) groups is 1. The van der Waals surface area contributed by atoms with Gasteiger partial charge in [0, 0.05) is 7.05 Å². The van der Waals surface area contributed by atoms with Crippen LogP contribution in [0.2, 0.25) is 0 Å². The Balaban J connectivity index is 1.97. The quantitative estimate of drug-likeness (QED) is 0.732. The summed E-state index contributed by atoms with van der Waals surface area (Å²) < 4.78 is 0. The molecule has 0 N–H and O–H groups in total. The van der Waals surface area contributed by atoms with Crippen molar-refractivity contribution in [3.63, 3.8) is 0 Å². The number of likely N-dealkylation sites (tertiary alicyclic amines) is 1. The highest BCUT2D eigenvalue weighted by molar-refractivity contribution is 5.94. The third-order valence-electron chi connectivity index (χ3n) is 6.25. The maximum Gasteiger partial charge on any atom is 0.232 e. The van der Waals surface area contributed by atoms with Crippen LogP contribution in [0.5, 0.6) is 0 Å². The fraction of sp³-hybridized carbons (Fsp3) is 0.409. The average Bonchev–Trinajstić information content (AvgIpc) is 2.92. The lowest BCUT2D eigenvalue weighted by Gasteiger charge is -2.65. The highest BCUT2D eigenvalue weighted by Gasteiger charge is 2.70. The molecule has 0 bridgehead atoms. The number of benzene rings is 2. The average molecular weight is 319 g/mol. The Morgan fingerprint density at radius 3 is 1.67 bits per heavy atom. The van der Waals surface area contributed by atoms with E-state index in [4.69, 9.17) is 0 Å². The van der Waals surface area contributed by atoms with Crippen molar-refractivity contribution in [3.05, 3.63) is 71.8 Å². The summed E-state index contributed by atoms with van der Waals surface area (Å²) in [7, 11) is 1.98. The minimum absolute atomic E-state index is 0.277.